The second-order valence-corrected chi connectivity index (χ2v) is 6.38. The summed E-state index contributed by atoms with van der Waals surface area (Å²) < 4.78 is 42.1. The molecule has 0 aliphatic carbocycles. The smallest absolute Gasteiger partial charge is 0.243 e. The van der Waals surface area contributed by atoms with Crippen molar-refractivity contribution < 1.29 is 12.8 Å². The van der Waals surface area contributed by atoms with E-state index < -0.39 is 15.8 Å². The summed E-state index contributed by atoms with van der Waals surface area (Å²) in [6, 6.07) is 4.07. The van der Waals surface area contributed by atoms with Gasteiger partial charge in [-0.25, -0.2) is 17.5 Å². The standard InChI is InChI=1S/C13H17FN4O2S/c1-15-6-10-3-4-13(12(14)5-10)21(19,20)17-8-11-7-16-18(2)9-11/h3-5,7,9,15,17H,6,8H2,1-2H3. The highest BCUT2D eigenvalue weighted by molar-refractivity contribution is 7.89. The number of aromatic nitrogens is 2. The Morgan fingerprint density at radius 1 is 1.29 bits per heavy atom. The van der Waals surface area contributed by atoms with Crippen LogP contribution in [0.5, 0.6) is 0 Å². The van der Waals surface area contributed by atoms with Gasteiger partial charge in [-0.15, -0.1) is 0 Å². The lowest BCUT2D eigenvalue weighted by Gasteiger charge is -2.08. The monoisotopic (exact) mass is 312 g/mol. The first-order valence-corrected chi connectivity index (χ1v) is 7.81. The number of hydrogen-bond acceptors (Lipinski definition) is 4. The number of hydrogen-bond donors (Lipinski definition) is 2. The molecule has 0 saturated heterocycles. The highest BCUT2D eigenvalue weighted by Crippen LogP contribution is 2.16. The molecule has 0 bridgehead atoms. The van der Waals surface area contributed by atoms with Crippen LogP contribution < -0.4 is 10.0 Å². The van der Waals surface area contributed by atoms with Gasteiger partial charge in [0, 0.05) is 31.9 Å². The SMILES string of the molecule is CNCc1ccc(S(=O)(=O)NCc2cnn(C)c2)c(F)c1. The van der Waals surface area contributed by atoms with Gasteiger partial charge in [0.05, 0.1) is 6.20 Å². The summed E-state index contributed by atoms with van der Waals surface area (Å²) in [6.07, 6.45) is 3.24. The number of sulfonamides is 1. The molecule has 21 heavy (non-hydrogen) atoms. The van der Waals surface area contributed by atoms with Crippen molar-refractivity contribution in [1.82, 2.24) is 19.8 Å². The number of nitrogens with zero attached hydrogens (tertiary/aromatic N) is 2. The van der Waals surface area contributed by atoms with Gasteiger partial charge < -0.3 is 5.32 Å². The summed E-state index contributed by atoms with van der Waals surface area (Å²) in [7, 11) is -0.426. The molecule has 0 spiro atoms. The molecule has 2 rings (SSSR count). The maximum Gasteiger partial charge on any atom is 0.243 e. The largest absolute Gasteiger partial charge is 0.316 e. The highest BCUT2D eigenvalue weighted by Gasteiger charge is 2.19. The molecule has 2 aromatic rings. The van der Waals surface area contributed by atoms with Gasteiger partial charge in [-0.2, -0.15) is 5.10 Å². The average Bonchev–Trinajstić information content (AvgIpc) is 2.83. The van der Waals surface area contributed by atoms with Crippen LogP contribution in [0.4, 0.5) is 4.39 Å². The van der Waals surface area contributed by atoms with E-state index in [1.807, 2.05) is 0 Å². The Labute approximate surface area is 123 Å². The fourth-order valence-corrected chi connectivity index (χ4v) is 2.97. The average molecular weight is 312 g/mol. The van der Waals surface area contributed by atoms with Crippen LogP contribution in [-0.2, 0) is 30.2 Å². The third kappa shape index (κ3) is 3.87. The molecule has 1 aromatic carbocycles. The van der Waals surface area contributed by atoms with E-state index in [-0.39, 0.29) is 11.4 Å². The Bertz CT molecular complexity index is 728. The zero-order chi connectivity index (χ0) is 15.5. The van der Waals surface area contributed by atoms with E-state index in [0.717, 1.165) is 0 Å². The van der Waals surface area contributed by atoms with Crippen molar-refractivity contribution in [2.75, 3.05) is 7.05 Å². The quantitative estimate of drug-likeness (QED) is 0.825. The number of aryl methyl sites for hydroxylation is 1. The van der Waals surface area contributed by atoms with Crippen molar-refractivity contribution in [3.63, 3.8) is 0 Å². The molecule has 0 unspecified atom stereocenters. The summed E-state index contributed by atoms with van der Waals surface area (Å²) in [5.74, 6) is -0.763. The van der Waals surface area contributed by atoms with Gasteiger partial charge in [-0.3, -0.25) is 4.68 Å². The minimum atomic E-state index is -3.89. The van der Waals surface area contributed by atoms with E-state index in [1.54, 1.807) is 37.2 Å². The Balaban J connectivity index is 2.15. The first kappa shape index (κ1) is 15.6. The van der Waals surface area contributed by atoms with Gasteiger partial charge in [0.25, 0.3) is 0 Å². The van der Waals surface area contributed by atoms with Crippen molar-refractivity contribution in [2.45, 2.75) is 18.0 Å². The summed E-state index contributed by atoms with van der Waals surface area (Å²) in [4.78, 5) is -0.355. The zero-order valence-electron chi connectivity index (χ0n) is 11.8. The third-order valence-electron chi connectivity index (χ3n) is 2.89. The molecule has 0 radical (unpaired) electrons. The Kier molecular flexibility index (Phi) is 4.71. The van der Waals surface area contributed by atoms with Crippen LogP contribution >= 0.6 is 0 Å². The van der Waals surface area contributed by atoms with Gasteiger partial charge in [0.1, 0.15) is 10.7 Å². The van der Waals surface area contributed by atoms with Gasteiger partial charge in [-0.1, -0.05) is 6.07 Å². The maximum atomic E-state index is 13.9. The molecule has 1 aromatic heterocycles. The molecule has 0 aliphatic heterocycles. The summed E-state index contributed by atoms with van der Waals surface area (Å²) in [5, 5.41) is 6.82. The van der Waals surface area contributed by atoms with Crippen molar-refractivity contribution in [3.05, 3.63) is 47.5 Å². The van der Waals surface area contributed by atoms with E-state index in [1.165, 1.54) is 12.1 Å². The molecule has 8 heteroatoms. The van der Waals surface area contributed by atoms with E-state index in [4.69, 9.17) is 0 Å². The second kappa shape index (κ2) is 6.33. The topological polar surface area (TPSA) is 76.0 Å². The highest BCUT2D eigenvalue weighted by atomic mass is 32.2. The van der Waals surface area contributed by atoms with Crippen molar-refractivity contribution in [2.24, 2.45) is 7.05 Å². The van der Waals surface area contributed by atoms with E-state index >= 15 is 0 Å². The van der Waals surface area contributed by atoms with Gasteiger partial charge >= 0.3 is 0 Å². The Morgan fingerprint density at radius 3 is 2.62 bits per heavy atom. The summed E-state index contributed by atoms with van der Waals surface area (Å²) in [6.45, 7) is 0.536. The van der Waals surface area contributed by atoms with Crippen LogP contribution in [-0.4, -0.2) is 25.2 Å². The Morgan fingerprint density at radius 2 is 2.05 bits per heavy atom. The predicted molar refractivity (Wildman–Crippen MR) is 76.4 cm³/mol. The van der Waals surface area contributed by atoms with Crippen LogP contribution in [0.15, 0.2) is 35.5 Å². The van der Waals surface area contributed by atoms with E-state index in [9.17, 15) is 12.8 Å². The van der Waals surface area contributed by atoms with Gasteiger partial charge in [0.15, 0.2) is 0 Å². The molecule has 0 atom stereocenters. The van der Waals surface area contributed by atoms with Crippen LogP contribution in [0.25, 0.3) is 0 Å². The summed E-state index contributed by atoms with van der Waals surface area (Å²) >= 11 is 0. The summed E-state index contributed by atoms with van der Waals surface area (Å²) in [5.41, 5.74) is 1.38. The Hall–Kier alpha value is -1.77. The molecule has 1 heterocycles. The first-order chi connectivity index (χ1) is 9.92. The normalized spacial score (nSPS) is 11.8. The molecule has 0 aliphatic rings. The van der Waals surface area contributed by atoms with Crippen molar-refractivity contribution in [3.8, 4) is 0 Å². The van der Waals surface area contributed by atoms with Crippen LogP contribution in [0.2, 0.25) is 0 Å². The fourth-order valence-electron chi connectivity index (χ4n) is 1.90. The lowest BCUT2D eigenvalue weighted by atomic mass is 10.2. The third-order valence-corrected chi connectivity index (χ3v) is 4.33. The van der Waals surface area contributed by atoms with Crippen molar-refractivity contribution >= 4 is 10.0 Å². The fraction of sp³-hybridized carbons (Fsp3) is 0.308. The minimum absolute atomic E-state index is 0.0634. The van der Waals surface area contributed by atoms with Crippen LogP contribution in [0.1, 0.15) is 11.1 Å². The van der Waals surface area contributed by atoms with Crippen LogP contribution in [0.3, 0.4) is 0 Å². The molecule has 0 fully saturated rings. The number of halogens is 1. The second-order valence-electron chi connectivity index (χ2n) is 4.64. The number of benzene rings is 1. The number of nitrogens with one attached hydrogen (secondary N) is 2. The van der Waals surface area contributed by atoms with E-state index in [0.29, 0.717) is 17.7 Å². The molecular weight excluding hydrogens is 295 g/mol. The lowest BCUT2D eigenvalue weighted by Crippen LogP contribution is -2.24. The van der Waals surface area contributed by atoms with Crippen LogP contribution in [0, 0.1) is 5.82 Å². The first-order valence-electron chi connectivity index (χ1n) is 6.32. The van der Waals surface area contributed by atoms with Gasteiger partial charge in [0.2, 0.25) is 10.0 Å². The molecule has 0 saturated carbocycles. The molecular formula is C13H17FN4O2S. The minimum Gasteiger partial charge on any atom is -0.316 e. The lowest BCUT2D eigenvalue weighted by molar-refractivity contribution is 0.555. The molecule has 114 valence electrons. The maximum absolute atomic E-state index is 13.9. The van der Waals surface area contributed by atoms with Gasteiger partial charge in [-0.05, 0) is 24.7 Å². The molecule has 0 amide bonds. The predicted octanol–water partition coefficient (Wildman–Crippen LogP) is 0.757. The molecule has 2 N–H and O–H groups in total. The molecule has 6 nitrogen and oxygen atoms in total. The number of rotatable bonds is 6. The zero-order valence-corrected chi connectivity index (χ0v) is 12.6. The van der Waals surface area contributed by atoms with Crippen molar-refractivity contribution in [1.29, 1.82) is 0 Å². The van der Waals surface area contributed by atoms with E-state index in [2.05, 4.69) is 15.1 Å².